The van der Waals surface area contributed by atoms with Gasteiger partial charge in [-0.2, -0.15) is 0 Å². The number of nitrogens with one attached hydrogen (secondary N) is 1. The van der Waals surface area contributed by atoms with Crippen LogP contribution in [0.1, 0.15) is 5.56 Å². The van der Waals surface area contributed by atoms with E-state index in [0.717, 1.165) is 5.56 Å². The molecule has 0 spiro atoms. The highest BCUT2D eigenvalue weighted by Crippen LogP contribution is 2.28. The Kier molecular flexibility index (Phi) is 6.91. The Hall–Kier alpha value is -4.86. The van der Waals surface area contributed by atoms with Crippen LogP contribution in [0.2, 0.25) is 0 Å². The average Bonchev–Trinajstić information content (AvgIpc) is 2.88. The summed E-state index contributed by atoms with van der Waals surface area (Å²) in [6, 6.07) is 21.4. The first kappa shape index (κ1) is 23.3. The third-order valence-corrected chi connectivity index (χ3v) is 5.08. The van der Waals surface area contributed by atoms with Gasteiger partial charge in [-0.3, -0.25) is 15.4 Å². The van der Waals surface area contributed by atoms with E-state index in [0.29, 0.717) is 28.3 Å². The monoisotopic (exact) mass is 472 g/mol. The zero-order valence-electron chi connectivity index (χ0n) is 18.7. The first-order valence-electron chi connectivity index (χ1n) is 10.5. The number of nitrogens with two attached hydrogens (primary N) is 1. The maximum atomic E-state index is 13.9. The van der Waals surface area contributed by atoms with Crippen molar-refractivity contribution in [3.8, 4) is 28.3 Å². The van der Waals surface area contributed by atoms with Crippen molar-refractivity contribution in [1.29, 1.82) is 0 Å². The maximum Gasteiger partial charge on any atom is 0.270 e. The highest BCUT2D eigenvalue weighted by Gasteiger charge is 2.13. The summed E-state index contributed by atoms with van der Waals surface area (Å²) in [4.78, 5) is 23.9. The summed E-state index contributed by atoms with van der Waals surface area (Å²) in [5.74, 6) is 0.430. The summed E-state index contributed by atoms with van der Waals surface area (Å²) >= 11 is 0. The summed E-state index contributed by atoms with van der Waals surface area (Å²) < 4.78 is 19.1. The molecule has 0 fully saturated rings. The summed E-state index contributed by atoms with van der Waals surface area (Å²) in [5, 5.41) is 14.1. The number of benzene rings is 3. The van der Waals surface area contributed by atoms with Crippen molar-refractivity contribution < 1.29 is 14.1 Å². The van der Waals surface area contributed by atoms with Crippen LogP contribution in [-0.2, 0) is 6.54 Å². The van der Waals surface area contributed by atoms with E-state index < -0.39 is 4.92 Å². The molecule has 0 aliphatic rings. The van der Waals surface area contributed by atoms with Crippen molar-refractivity contribution in [2.45, 2.75) is 6.54 Å². The second-order valence-corrected chi connectivity index (χ2v) is 7.42. The van der Waals surface area contributed by atoms with Crippen LogP contribution < -0.4 is 15.8 Å². The number of nitro groups is 1. The number of non-ortho nitro benzene ring substituents is 1. The van der Waals surface area contributed by atoms with E-state index in [1.165, 1.54) is 18.2 Å². The van der Waals surface area contributed by atoms with Gasteiger partial charge in [0, 0.05) is 28.8 Å². The topological polar surface area (TPSA) is 129 Å². The molecule has 0 radical (unpaired) electrons. The minimum absolute atomic E-state index is 0.00914. The van der Waals surface area contributed by atoms with E-state index in [9.17, 15) is 14.5 Å². The summed E-state index contributed by atoms with van der Waals surface area (Å²) in [6.07, 6.45) is 0. The summed E-state index contributed by atoms with van der Waals surface area (Å²) in [6.45, 7) is 0.0292. The van der Waals surface area contributed by atoms with Gasteiger partial charge in [-0.25, -0.2) is 19.4 Å². The molecule has 0 aliphatic carbocycles. The van der Waals surface area contributed by atoms with Gasteiger partial charge in [0.05, 0.1) is 30.0 Å². The second-order valence-electron chi connectivity index (χ2n) is 7.42. The number of hydrogen-bond donors (Lipinski definition) is 2. The van der Waals surface area contributed by atoms with Gasteiger partial charge in [0.2, 0.25) is 5.95 Å². The van der Waals surface area contributed by atoms with Crippen LogP contribution in [0.3, 0.4) is 0 Å². The zero-order valence-corrected chi connectivity index (χ0v) is 18.7. The van der Waals surface area contributed by atoms with Crippen LogP contribution in [-0.4, -0.2) is 28.0 Å². The Bertz CT molecular complexity index is 1390. The minimum Gasteiger partial charge on any atom is -0.497 e. The Labute approximate surface area is 200 Å². The lowest BCUT2D eigenvalue weighted by molar-refractivity contribution is -0.384. The van der Waals surface area contributed by atoms with Gasteiger partial charge in [-0.15, -0.1) is 0 Å². The lowest BCUT2D eigenvalue weighted by Gasteiger charge is -2.11. The molecule has 0 saturated heterocycles. The molecule has 176 valence electrons. The number of hydrogen-bond acceptors (Lipinski definition) is 6. The number of nitrogens with zero attached hydrogens (tertiary/aromatic N) is 4. The molecule has 0 unspecified atom stereocenters. The molecular weight excluding hydrogens is 451 g/mol. The molecule has 10 heteroatoms. The van der Waals surface area contributed by atoms with Crippen LogP contribution in [0.4, 0.5) is 16.0 Å². The van der Waals surface area contributed by atoms with Crippen LogP contribution in [0, 0.1) is 15.9 Å². The molecule has 35 heavy (non-hydrogen) atoms. The van der Waals surface area contributed by atoms with Gasteiger partial charge in [-0.1, -0.05) is 30.3 Å². The number of ether oxygens (including phenoxy) is 1. The molecule has 0 aliphatic heterocycles. The number of nitro benzene ring substituents is 1. The predicted octanol–water partition coefficient (Wildman–Crippen LogP) is 4.79. The van der Waals surface area contributed by atoms with Crippen LogP contribution in [0.5, 0.6) is 5.75 Å². The van der Waals surface area contributed by atoms with E-state index in [4.69, 9.17) is 10.5 Å². The second kappa shape index (κ2) is 10.4. The van der Waals surface area contributed by atoms with Crippen LogP contribution in [0.25, 0.3) is 22.5 Å². The lowest BCUT2D eigenvalue weighted by atomic mass is 10.1. The van der Waals surface area contributed by atoms with Crippen molar-refractivity contribution in [3.63, 3.8) is 0 Å². The van der Waals surface area contributed by atoms with Crippen molar-refractivity contribution >= 4 is 17.6 Å². The Balaban J connectivity index is 1.70. The molecule has 1 aromatic heterocycles. The third-order valence-electron chi connectivity index (χ3n) is 5.08. The van der Waals surface area contributed by atoms with Crippen molar-refractivity contribution in [2.24, 2.45) is 10.7 Å². The number of guanidine groups is 1. The number of aliphatic imine (C=N–C) groups is 1. The molecule has 0 amide bonds. The zero-order chi connectivity index (χ0) is 24.8. The average molecular weight is 472 g/mol. The van der Waals surface area contributed by atoms with Gasteiger partial charge in [0.15, 0.2) is 5.96 Å². The summed E-state index contributed by atoms with van der Waals surface area (Å²) in [7, 11) is 1.57. The quantitative estimate of drug-likeness (QED) is 0.171. The van der Waals surface area contributed by atoms with E-state index >= 15 is 0 Å². The van der Waals surface area contributed by atoms with Crippen LogP contribution in [0.15, 0.2) is 83.9 Å². The fourth-order valence-corrected chi connectivity index (χ4v) is 3.29. The lowest BCUT2D eigenvalue weighted by Crippen LogP contribution is -2.24. The number of methoxy groups -OCH3 is 1. The fraction of sp³-hybridized carbons (Fsp3) is 0.0800. The normalized spacial score (nSPS) is 11.2. The smallest absolute Gasteiger partial charge is 0.270 e. The van der Waals surface area contributed by atoms with E-state index in [2.05, 4.69) is 20.3 Å². The molecule has 0 bridgehead atoms. The van der Waals surface area contributed by atoms with Crippen molar-refractivity contribution in [2.75, 3.05) is 12.4 Å². The Morgan fingerprint density at radius 2 is 1.74 bits per heavy atom. The first-order chi connectivity index (χ1) is 16.9. The molecule has 4 aromatic rings. The van der Waals surface area contributed by atoms with Crippen molar-refractivity contribution in [1.82, 2.24) is 9.97 Å². The highest BCUT2D eigenvalue weighted by molar-refractivity contribution is 5.91. The molecule has 4 rings (SSSR count). The number of anilines is 1. The van der Waals surface area contributed by atoms with E-state index in [-0.39, 0.29) is 30.0 Å². The number of halogens is 1. The maximum absolute atomic E-state index is 13.9. The molecule has 9 nitrogen and oxygen atoms in total. The Morgan fingerprint density at radius 1 is 1.03 bits per heavy atom. The van der Waals surface area contributed by atoms with Crippen LogP contribution >= 0.6 is 0 Å². The molecule has 3 aromatic carbocycles. The van der Waals surface area contributed by atoms with Gasteiger partial charge in [-0.05, 0) is 36.4 Å². The molecule has 0 saturated carbocycles. The standard InChI is InChI=1S/C25H21FN6O3/c1-35-20-11-9-16(10-12-20)22-14-23(17-6-4-7-19(13-17)32(33)34)30-25(29-22)31-24(27)28-15-18-5-2-3-8-21(18)26/h2-14H,15H2,1H3,(H3,27,28,29,30,31). The van der Waals surface area contributed by atoms with Gasteiger partial charge >= 0.3 is 0 Å². The molecule has 3 N–H and O–H groups in total. The van der Waals surface area contributed by atoms with E-state index in [1.54, 1.807) is 55.6 Å². The Morgan fingerprint density at radius 3 is 2.43 bits per heavy atom. The van der Waals surface area contributed by atoms with Crippen molar-refractivity contribution in [3.05, 3.63) is 100 Å². The molecule has 1 heterocycles. The summed E-state index contributed by atoms with van der Waals surface area (Å²) in [5.41, 5.74) is 8.63. The SMILES string of the molecule is COc1ccc(-c2cc(-c3cccc([N+](=O)[O-])c3)nc(NC(N)=NCc3ccccc3F)n2)cc1. The molecule has 0 atom stereocenters. The third kappa shape index (κ3) is 5.74. The number of rotatable bonds is 7. The van der Waals surface area contributed by atoms with E-state index in [1.807, 2.05) is 12.1 Å². The van der Waals surface area contributed by atoms with Gasteiger partial charge in [0.1, 0.15) is 11.6 Å². The highest BCUT2D eigenvalue weighted by atomic mass is 19.1. The first-order valence-corrected chi connectivity index (χ1v) is 10.5. The number of aromatic nitrogens is 2. The van der Waals surface area contributed by atoms with Gasteiger partial charge < -0.3 is 10.5 Å². The largest absolute Gasteiger partial charge is 0.497 e. The van der Waals surface area contributed by atoms with Gasteiger partial charge in [0.25, 0.3) is 5.69 Å². The molecular formula is C25H21FN6O3. The minimum atomic E-state index is -0.471. The fourth-order valence-electron chi connectivity index (χ4n) is 3.29. The predicted molar refractivity (Wildman–Crippen MR) is 131 cm³/mol.